The van der Waals surface area contributed by atoms with E-state index in [-0.39, 0.29) is 6.04 Å². The molecule has 1 aromatic heterocycles. The SMILES string of the molecule is C[C@H](N)c1ccc(N(C)CCc2ccccc2)nc1. The van der Waals surface area contributed by atoms with E-state index >= 15 is 0 Å². The minimum atomic E-state index is 0.0381. The van der Waals surface area contributed by atoms with Gasteiger partial charge < -0.3 is 10.6 Å². The Morgan fingerprint density at radius 1 is 1.16 bits per heavy atom. The summed E-state index contributed by atoms with van der Waals surface area (Å²) < 4.78 is 0. The Labute approximate surface area is 115 Å². The van der Waals surface area contributed by atoms with Crippen LogP contribution in [-0.2, 0) is 6.42 Å². The summed E-state index contributed by atoms with van der Waals surface area (Å²) in [5.74, 6) is 0.986. The molecule has 0 bridgehead atoms. The monoisotopic (exact) mass is 255 g/mol. The van der Waals surface area contributed by atoms with Gasteiger partial charge in [0.1, 0.15) is 5.82 Å². The highest BCUT2D eigenvalue weighted by Crippen LogP contribution is 2.14. The van der Waals surface area contributed by atoms with Gasteiger partial charge in [-0.2, -0.15) is 0 Å². The number of pyridine rings is 1. The van der Waals surface area contributed by atoms with Gasteiger partial charge in [0.25, 0.3) is 0 Å². The molecule has 0 amide bonds. The molecule has 3 heteroatoms. The normalized spacial score (nSPS) is 12.2. The van der Waals surface area contributed by atoms with Crippen LogP contribution < -0.4 is 10.6 Å². The van der Waals surface area contributed by atoms with Crippen LogP contribution in [0.4, 0.5) is 5.82 Å². The third-order valence-corrected chi connectivity index (χ3v) is 3.27. The average Bonchev–Trinajstić information content (AvgIpc) is 2.46. The quantitative estimate of drug-likeness (QED) is 0.893. The minimum Gasteiger partial charge on any atom is -0.359 e. The first-order valence-corrected chi connectivity index (χ1v) is 6.63. The maximum atomic E-state index is 5.82. The smallest absolute Gasteiger partial charge is 0.128 e. The van der Waals surface area contributed by atoms with Crippen molar-refractivity contribution in [3.63, 3.8) is 0 Å². The van der Waals surface area contributed by atoms with Crippen LogP contribution in [-0.4, -0.2) is 18.6 Å². The summed E-state index contributed by atoms with van der Waals surface area (Å²) in [5, 5.41) is 0. The molecule has 1 heterocycles. The molecular formula is C16H21N3. The van der Waals surface area contributed by atoms with Gasteiger partial charge in [-0.1, -0.05) is 36.4 Å². The zero-order valence-corrected chi connectivity index (χ0v) is 11.6. The van der Waals surface area contributed by atoms with E-state index in [4.69, 9.17) is 5.73 Å². The molecule has 0 fully saturated rings. The van der Waals surface area contributed by atoms with Crippen molar-refractivity contribution in [3.05, 3.63) is 59.8 Å². The van der Waals surface area contributed by atoms with Crippen LogP contribution in [0.3, 0.4) is 0 Å². The van der Waals surface area contributed by atoms with Crippen molar-refractivity contribution >= 4 is 5.82 Å². The average molecular weight is 255 g/mol. The second-order valence-corrected chi connectivity index (χ2v) is 4.90. The van der Waals surface area contributed by atoms with Gasteiger partial charge in [0, 0.05) is 25.8 Å². The summed E-state index contributed by atoms with van der Waals surface area (Å²) in [6.45, 7) is 2.92. The number of likely N-dealkylation sites (N-methyl/N-ethyl adjacent to an activating group) is 1. The van der Waals surface area contributed by atoms with E-state index in [2.05, 4.69) is 41.2 Å². The lowest BCUT2D eigenvalue weighted by Crippen LogP contribution is -2.21. The van der Waals surface area contributed by atoms with Crippen LogP contribution in [0.5, 0.6) is 0 Å². The molecule has 0 aliphatic carbocycles. The number of hydrogen-bond donors (Lipinski definition) is 1. The Morgan fingerprint density at radius 3 is 2.47 bits per heavy atom. The van der Waals surface area contributed by atoms with Crippen molar-refractivity contribution in [1.29, 1.82) is 0 Å². The lowest BCUT2D eigenvalue weighted by atomic mass is 10.1. The predicted octanol–water partition coefficient (Wildman–Crippen LogP) is 2.78. The van der Waals surface area contributed by atoms with Gasteiger partial charge in [0.05, 0.1) is 0 Å². The molecule has 2 rings (SSSR count). The summed E-state index contributed by atoms with van der Waals surface area (Å²) in [5.41, 5.74) is 8.24. The maximum Gasteiger partial charge on any atom is 0.128 e. The fourth-order valence-corrected chi connectivity index (χ4v) is 1.95. The van der Waals surface area contributed by atoms with Gasteiger partial charge in [-0.15, -0.1) is 0 Å². The molecule has 2 N–H and O–H groups in total. The molecule has 1 atom stereocenters. The van der Waals surface area contributed by atoms with E-state index in [0.717, 1.165) is 24.3 Å². The first-order chi connectivity index (χ1) is 9.16. The van der Waals surface area contributed by atoms with Gasteiger partial charge >= 0.3 is 0 Å². The van der Waals surface area contributed by atoms with Crippen LogP contribution in [0.15, 0.2) is 48.7 Å². The van der Waals surface area contributed by atoms with Crippen molar-refractivity contribution in [2.45, 2.75) is 19.4 Å². The molecule has 0 aliphatic rings. The highest BCUT2D eigenvalue weighted by atomic mass is 15.2. The van der Waals surface area contributed by atoms with Gasteiger partial charge in [-0.05, 0) is 30.5 Å². The van der Waals surface area contributed by atoms with E-state index in [0.29, 0.717) is 0 Å². The Kier molecular flexibility index (Phi) is 4.53. The predicted molar refractivity (Wildman–Crippen MR) is 80.3 cm³/mol. The molecule has 0 radical (unpaired) electrons. The highest BCUT2D eigenvalue weighted by Gasteiger charge is 2.04. The zero-order valence-electron chi connectivity index (χ0n) is 11.6. The summed E-state index contributed by atoms with van der Waals surface area (Å²) >= 11 is 0. The van der Waals surface area contributed by atoms with Crippen LogP contribution in [0.1, 0.15) is 24.1 Å². The Bertz CT molecular complexity index is 491. The van der Waals surface area contributed by atoms with E-state index in [1.807, 2.05) is 31.3 Å². The number of nitrogens with two attached hydrogens (primary N) is 1. The number of rotatable bonds is 5. The highest BCUT2D eigenvalue weighted by molar-refractivity contribution is 5.39. The standard InChI is InChI=1S/C16H21N3/c1-13(17)15-8-9-16(18-12-15)19(2)11-10-14-6-4-3-5-7-14/h3-9,12-13H,10-11,17H2,1-2H3/t13-/m0/s1. The Morgan fingerprint density at radius 2 is 1.89 bits per heavy atom. The zero-order chi connectivity index (χ0) is 13.7. The second kappa shape index (κ2) is 6.34. The van der Waals surface area contributed by atoms with E-state index in [9.17, 15) is 0 Å². The number of anilines is 1. The molecule has 0 aliphatic heterocycles. The first-order valence-electron chi connectivity index (χ1n) is 6.63. The summed E-state index contributed by atoms with van der Waals surface area (Å²) in [6.07, 6.45) is 2.88. The molecule has 19 heavy (non-hydrogen) atoms. The molecule has 2 aromatic rings. The third-order valence-electron chi connectivity index (χ3n) is 3.27. The maximum absolute atomic E-state index is 5.82. The lowest BCUT2D eigenvalue weighted by molar-refractivity contribution is 0.805. The topological polar surface area (TPSA) is 42.1 Å². The number of nitrogens with zero attached hydrogens (tertiary/aromatic N) is 2. The lowest BCUT2D eigenvalue weighted by Gasteiger charge is -2.18. The largest absolute Gasteiger partial charge is 0.359 e. The summed E-state index contributed by atoms with van der Waals surface area (Å²) in [4.78, 5) is 6.62. The van der Waals surface area contributed by atoms with Crippen molar-refractivity contribution in [1.82, 2.24) is 4.98 Å². The molecular weight excluding hydrogens is 234 g/mol. The van der Waals surface area contributed by atoms with Crippen LogP contribution in [0, 0.1) is 0 Å². The van der Waals surface area contributed by atoms with Gasteiger partial charge in [-0.3, -0.25) is 0 Å². The first kappa shape index (κ1) is 13.6. The Balaban J connectivity index is 1.94. The van der Waals surface area contributed by atoms with Crippen LogP contribution in [0.25, 0.3) is 0 Å². The number of benzene rings is 1. The molecule has 1 aromatic carbocycles. The van der Waals surface area contributed by atoms with Gasteiger partial charge in [0.15, 0.2) is 0 Å². The van der Waals surface area contributed by atoms with Crippen molar-refractivity contribution < 1.29 is 0 Å². The van der Waals surface area contributed by atoms with Crippen LogP contribution >= 0.6 is 0 Å². The summed E-state index contributed by atoms with van der Waals surface area (Å²) in [7, 11) is 2.07. The molecule has 0 saturated carbocycles. The van der Waals surface area contributed by atoms with Crippen LogP contribution in [0.2, 0.25) is 0 Å². The van der Waals surface area contributed by atoms with E-state index < -0.39 is 0 Å². The fourth-order valence-electron chi connectivity index (χ4n) is 1.95. The van der Waals surface area contributed by atoms with E-state index in [1.54, 1.807) is 0 Å². The minimum absolute atomic E-state index is 0.0381. The number of aromatic nitrogens is 1. The Hall–Kier alpha value is -1.87. The number of hydrogen-bond acceptors (Lipinski definition) is 3. The molecule has 0 unspecified atom stereocenters. The second-order valence-electron chi connectivity index (χ2n) is 4.90. The fraction of sp³-hybridized carbons (Fsp3) is 0.312. The van der Waals surface area contributed by atoms with Crippen molar-refractivity contribution in [3.8, 4) is 0 Å². The third kappa shape index (κ3) is 3.80. The molecule has 100 valence electrons. The molecule has 0 spiro atoms. The van der Waals surface area contributed by atoms with Crippen molar-refractivity contribution in [2.75, 3.05) is 18.5 Å². The van der Waals surface area contributed by atoms with Crippen molar-refractivity contribution in [2.24, 2.45) is 5.73 Å². The molecule has 3 nitrogen and oxygen atoms in total. The van der Waals surface area contributed by atoms with E-state index in [1.165, 1.54) is 5.56 Å². The molecule has 0 saturated heterocycles. The van der Waals surface area contributed by atoms with Gasteiger partial charge in [-0.25, -0.2) is 4.98 Å². The summed E-state index contributed by atoms with van der Waals surface area (Å²) in [6, 6.07) is 14.6. The van der Waals surface area contributed by atoms with Gasteiger partial charge in [0.2, 0.25) is 0 Å².